The zero-order valence-corrected chi connectivity index (χ0v) is 14.7. The van der Waals surface area contributed by atoms with Gasteiger partial charge in [-0.25, -0.2) is 4.79 Å². The van der Waals surface area contributed by atoms with Gasteiger partial charge in [-0.15, -0.1) is 11.3 Å². The number of aryl methyl sites for hydroxylation is 1. The van der Waals surface area contributed by atoms with Crippen molar-refractivity contribution < 1.29 is 27.6 Å². The Hall–Kier alpha value is -2.62. The summed E-state index contributed by atoms with van der Waals surface area (Å²) in [5.41, 5.74) is -2.59. The second-order valence-corrected chi connectivity index (χ2v) is 6.25. The van der Waals surface area contributed by atoms with Gasteiger partial charge in [-0.1, -0.05) is 13.0 Å². The number of thiophene rings is 1. The molecule has 1 heterocycles. The number of esters is 1. The molecule has 0 fully saturated rings. The minimum Gasteiger partial charge on any atom is -0.462 e. The lowest BCUT2D eigenvalue weighted by atomic mass is 10.1. The Morgan fingerprint density at radius 2 is 2.04 bits per heavy atom. The van der Waals surface area contributed by atoms with Gasteiger partial charge < -0.3 is 10.1 Å². The molecule has 0 unspecified atom stereocenters. The first-order valence-electron chi connectivity index (χ1n) is 7.60. The van der Waals surface area contributed by atoms with E-state index in [1.165, 1.54) is 6.07 Å². The Morgan fingerprint density at radius 1 is 1.35 bits per heavy atom. The van der Waals surface area contributed by atoms with Crippen LogP contribution in [-0.2, 0) is 17.3 Å². The highest BCUT2D eigenvalue weighted by Crippen LogP contribution is 2.43. The van der Waals surface area contributed by atoms with Gasteiger partial charge >= 0.3 is 12.1 Å². The van der Waals surface area contributed by atoms with Gasteiger partial charge in [0.25, 0.3) is 5.69 Å². The van der Waals surface area contributed by atoms with Gasteiger partial charge in [-0.05, 0) is 25.5 Å². The van der Waals surface area contributed by atoms with E-state index in [0.29, 0.717) is 6.42 Å². The number of carbonyl (C=O) groups excluding carboxylic acids is 1. The number of nitro benzene ring substituents is 1. The van der Waals surface area contributed by atoms with E-state index < -0.39 is 34.0 Å². The number of anilines is 2. The number of carbonyl (C=O) groups is 1. The second kappa shape index (κ2) is 7.73. The van der Waals surface area contributed by atoms with Gasteiger partial charge in [0.15, 0.2) is 0 Å². The van der Waals surface area contributed by atoms with E-state index >= 15 is 0 Å². The summed E-state index contributed by atoms with van der Waals surface area (Å²) in [5, 5.41) is 13.7. The maximum Gasteiger partial charge on any atom is 0.418 e. The number of nitro groups is 1. The summed E-state index contributed by atoms with van der Waals surface area (Å²) in [6, 6.07) is 4.18. The molecule has 0 bridgehead atoms. The van der Waals surface area contributed by atoms with Gasteiger partial charge in [0.1, 0.15) is 10.7 Å². The monoisotopic (exact) mass is 388 g/mol. The number of nitrogens with one attached hydrogen (secondary N) is 1. The van der Waals surface area contributed by atoms with E-state index in [4.69, 9.17) is 4.74 Å². The number of ether oxygens (including phenoxy) is 1. The van der Waals surface area contributed by atoms with Crippen LogP contribution in [0.25, 0.3) is 0 Å². The maximum atomic E-state index is 13.3. The van der Waals surface area contributed by atoms with Crippen LogP contribution in [-0.4, -0.2) is 17.5 Å². The third-order valence-corrected chi connectivity index (χ3v) is 4.60. The molecule has 0 saturated heterocycles. The van der Waals surface area contributed by atoms with Crippen LogP contribution in [0.5, 0.6) is 0 Å². The smallest absolute Gasteiger partial charge is 0.418 e. The number of hydrogen-bond acceptors (Lipinski definition) is 6. The number of halogens is 3. The van der Waals surface area contributed by atoms with Crippen LogP contribution in [0.4, 0.5) is 29.5 Å². The maximum absolute atomic E-state index is 13.3. The number of nitrogens with zero attached hydrogens (tertiary/aromatic N) is 1. The van der Waals surface area contributed by atoms with E-state index in [0.717, 1.165) is 34.4 Å². The van der Waals surface area contributed by atoms with Crippen molar-refractivity contribution in [3.8, 4) is 0 Å². The van der Waals surface area contributed by atoms with E-state index in [9.17, 15) is 28.1 Å². The molecule has 26 heavy (non-hydrogen) atoms. The van der Waals surface area contributed by atoms with Gasteiger partial charge in [0.05, 0.1) is 22.7 Å². The molecule has 6 nitrogen and oxygen atoms in total. The van der Waals surface area contributed by atoms with Crippen LogP contribution in [0, 0.1) is 10.1 Å². The molecule has 0 spiro atoms. The molecule has 2 rings (SSSR count). The standard InChI is InChI=1S/C16H15F3N2O4S/c1-3-9-8-10(15(22)25-4-2)14(26-9)20-13-11(16(17,18)19)6-5-7-12(13)21(23)24/h5-8,20H,3-4H2,1-2H3. The van der Waals surface area contributed by atoms with E-state index in [2.05, 4.69) is 5.32 Å². The van der Waals surface area contributed by atoms with Gasteiger partial charge in [0, 0.05) is 10.9 Å². The Morgan fingerprint density at radius 3 is 2.58 bits per heavy atom. The number of alkyl halides is 3. The fourth-order valence-electron chi connectivity index (χ4n) is 2.24. The van der Waals surface area contributed by atoms with Crippen molar-refractivity contribution >= 4 is 33.7 Å². The van der Waals surface area contributed by atoms with Crippen molar-refractivity contribution in [3.05, 3.63) is 50.4 Å². The van der Waals surface area contributed by atoms with Crippen molar-refractivity contribution in [2.45, 2.75) is 26.4 Å². The zero-order chi connectivity index (χ0) is 19.5. The molecule has 1 aromatic heterocycles. The first-order valence-corrected chi connectivity index (χ1v) is 8.42. The van der Waals surface area contributed by atoms with Crippen LogP contribution >= 0.6 is 11.3 Å². The number of para-hydroxylation sites is 1. The van der Waals surface area contributed by atoms with Crippen molar-refractivity contribution in [3.63, 3.8) is 0 Å². The largest absolute Gasteiger partial charge is 0.462 e. The minimum absolute atomic E-state index is 0.0416. The Kier molecular flexibility index (Phi) is 5.86. The highest BCUT2D eigenvalue weighted by molar-refractivity contribution is 7.16. The Bertz CT molecular complexity index is 833. The lowest BCUT2D eigenvalue weighted by molar-refractivity contribution is -0.384. The van der Waals surface area contributed by atoms with E-state index in [-0.39, 0.29) is 17.2 Å². The summed E-state index contributed by atoms with van der Waals surface area (Å²) >= 11 is 1.05. The average molecular weight is 388 g/mol. The topological polar surface area (TPSA) is 81.5 Å². The van der Waals surface area contributed by atoms with Gasteiger partial charge in [-0.3, -0.25) is 10.1 Å². The highest BCUT2D eigenvalue weighted by atomic mass is 32.1. The summed E-state index contributed by atoms with van der Waals surface area (Å²) in [4.78, 5) is 23.1. The molecule has 0 radical (unpaired) electrons. The van der Waals surface area contributed by atoms with Crippen molar-refractivity contribution in [1.82, 2.24) is 0 Å². The predicted octanol–water partition coefficient (Wildman–Crippen LogP) is 5.16. The lowest BCUT2D eigenvalue weighted by Crippen LogP contribution is -2.12. The molecule has 0 amide bonds. The fourth-order valence-corrected chi connectivity index (χ4v) is 3.23. The first-order chi connectivity index (χ1) is 12.2. The molecule has 0 aliphatic carbocycles. The lowest BCUT2D eigenvalue weighted by Gasteiger charge is -2.14. The average Bonchev–Trinajstić information content (AvgIpc) is 2.97. The molecule has 1 N–H and O–H groups in total. The molecular weight excluding hydrogens is 373 g/mol. The number of hydrogen-bond donors (Lipinski definition) is 1. The van der Waals surface area contributed by atoms with Crippen molar-refractivity contribution in [1.29, 1.82) is 0 Å². The third-order valence-electron chi connectivity index (χ3n) is 3.41. The molecule has 2 aromatic rings. The van der Waals surface area contributed by atoms with Crippen LogP contribution in [0.3, 0.4) is 0 Å². The van der Waals surface area contributed by atoms with Crippen LogP contribution in [0.15, 0.2) is 24.3 Å². The molecule has 0 aliphatic rings. The van der Waals surface area contributed by atoms with E-state index in [1.807, 2.05) is 6.92 Å². The molecule has 1 aromatic carbocycles. The SMILES string of the molecule is CCOC(=O)c1cc(CC)sc1Nc1c([N+](=O)[O-])cccc1C(F)(F)F. The molecule has 0 saturated carbocycles. The summed E-state index contributed by atoms with van der Waals surface area (Å²) in [5.74, 6) is -0.710. The Labute approximate surface area is 150 Å². The normalized spacial score (nSPS) is 11.3. The molecule has 10 heteroatoms. The van der Waals surface area contributed by atoms with E-state index in [1.54, 1.807) is 6.92 Å². The molecule has 0 aliphatic heterocycles. The fraction of sp³-hybridized carbons (Fsp3) is 0.312. The number of benzene rings is 1. The minimum atomic E-state index is -4.80. The predicted molar refractivity (Wildman–Crippen MR) is 91.0 cm³/mol. The summed E-state index contributed by atoms with van der Waals surface area (Å²) < 4.78 is 44.8. The van der Waals surface area contributed by atoms with Crippen molar-refractivity contribution in [2.75, 3.05) is 11.9 Å². The highest BCUT2D eigenvalue weighted by Gasteiger charge is 2.37. The zero-order valence-electron chi connectivity index (χ0n) is 13.8. The summed E-state index contributed by atoms with van der Waals surface area (Å²) in [6.45, 7) is 3.51. The summed E-state index contributed by atoms with van der Waals surface area (Å²) in [7, 11) is 0. The second-order valence-electron chi connectivity index (χ2n) is 5.11. The molecule has 0 atom stereocenters. The summed E-state index contributed by atoms with van der Waals surface area (Å²) in [6.07, 6.45) is -4.26. The van der Waals surface area contributed by atoms with Crippen LogP contribution < -0.4 is 5.32 Å². The van der Waals surface area contributed by atoms with Crippen LogP contribution in [0.2, 0.25) is 0 Å². The number of rotatable bonds is 6. The van der Waals surface area contributed by atoms with Crippen molar-refractivity contribution in [2.24, 2.45) is 0 Å². The van der Waals surface area contributed by atoms with Gasteiger partial charge in [0.2, 0.25) is 0 Å². The molecule has 140 valence electrons. The quantitative estimate of drug-likeness (QED) is 0.420. The van der Waals surface area contributed by atoms with Crippen LogP contribution in [0.1, 0.15) is 34.6 Å². The third kappa shape index (κ3) is 4.13. The molecular formula is C16H15F3N2O4S. The van der Waals surface area contributed by atoms with Gasteiger partial charge in [-0.2, -0.15) is 13.2 Å². The Balaban J connectivity index is 2.59. The first kappa shape index (κ1) is 19.7.